The van der Waals surface area contributed by atoms with Crippen LogP contribution in [0.25, 0.3) is 0 Å². The molecule has 5 heteroatoms. The number of hydrogen-bond acceptors (Lipinski definition) is 2. The lowest BCUT2D eigenvalue weighted by molar-refractivity contribution is -0.140. The van der Waals surface area contributed by atoms with E-state index in [1.165, 1.54) is 0 Å². The molecule has 0 spiro atoms. The monoisotopic (exact) mass is 372 g/mol. The van der Waals surface area contributed by atoms with Gasteiger partial charge in [0.05, 0.1) is 6.42 Å². The Morgan fingerprint density at radius 3 is 2.42 bits per heavy atom. The van der Waals surface area contributed by atoms with E-state index in [0.717, 1.165) is 16.7 Å². The molecule has 26 heavy (non-hydrogen) atoms. The summed E-state index contributed by atoms with van der Waals surface area (Å²) in [5.41, 5.74) is 3.00. The molecule has 0 radical (unpaired) electrons. The van der Waals surface area contributed by atoms with E-state index in [-0.39, 0.29) is 18.2 Å². The van der Waals surface area contributed by atoms with Gasteiger partial charge in [-0.3, -0.25) is 9.59 Å². The fraction of sp³-hybridized carbons (Fsp3) is 0.333. The van der Waals surface area contributed by atoms with E-state index in [2.05, 4.69) is 5.32 Å². The molecule has 0 aliphatic heterocycles. The summed E-state index contributed by atoms with van der Waals surface area (Å²) in [6, 6.07) is 14.6. The van der Waals surface area contributed by atoms with Gasteiger partial charge in [0, 0.05) is 18.1 Å². The molecule has 1 atom stereocenters. The maximum atomic E-state index is 12.9. The lowest BCUT2D eigenvalue weighted by atomic mass is 10.1. The Morgan fingerprint density at radius 2 is 1.81 bits per heavy atom. The van der Waals surface area contributed by atoms with Crippen LogP contribution in [0, 0.1) is 6.92 Å². The molecule has 0 saturated heterocycles. The molecule has 0 aliphatic carbocycles. The number of rotatable bonds is 7. The van der Waals surface area contributed by atoms with Crippen molar-refractivity contribution < 1.29 is 9.59 Å². The van der Waals surface area contributed by atoms with E-state index in [0.29, 0.717) is 18.1 Å². The molecule has 0 saturated carbocycles. The third-order valence-corrected chi connectivity index (χ3v) is 4.47. The summed E-state index contributed by atoms with van der Waals surface area (Å²) in [4.78, 5) is 26.9. The molecule has 0 aromatic heterocycles. The molecule has 0 fully saturated rings. The fourth-order valence-electron chi connectivity index (χ4n) is 2.79. The first kappa shape index (κ1) is 20.0. The van der Waals surface area contributed by atoms with E-state index in [1.54, 1.807) is 24.0 Å². The fourth-order valence-corrected chi connectivity index (χ4v) is 2.92. The Hall–Kier alpha value is -2.33. The van der Waals surface area contributed by atoms with Gasteiger partial charge in [0.1, 0.15) is 6.04 Å². The van der Waals surface area contributed by atoms with Gasteiger partial charge in [-0.05, 0) is 44.0 Å². The third-order valence-electron chi connectivity index (χ3n) is 4.22. The number of nitrogens with one attached hydrogen (secondary N) is 1. The number of amides is 2. The van der Waals surface area contributed by atoms with Crippen molar-refractivity contribution in [2.45, 2.75) is 39.8 Å². The van der Waals surface area contributed by atoms with Gasteiger partial charge in [-0.2, -0.15) is 0 Å². The molecule has 0 aliphatic rings. The summed E-state index contributed by atoms with van der Waals surface area (Å²) in [7, 11) is 0. The van der Waals surface area contributed by atoms with Crippen molar-refractivity contribution in [2.75, 3.05) is 6.54 Å². The highest BCUT2D eigenvalue weighted by atomic mass is 35.5. The van der Waals surface area contributed by atoms with Gasteiger partial charge in [0.2, 0.25) is 11.8 Å². The molecule has 0 unspecified atom stereocenters. The predicted octanol–water partition coefficient (Wildman–Crippen LogP) is 3.74. The van der Waals surface area contributed by atoms with Crippen LogP contribution in [-0.4, -0.2) is 29.3 Å². The van der Waals surface area contributed by atoms with Crippen LogP contribution < -0.4 is 5.32 Å². The number of carbonyl (C=O) groups excluding carboxylic acids is 2. The Kier molecular flexibility index (Phi) is 7.22. The van der Waals surface area contributed by atoms with Crippen molar-refractivity contribution >= 4 is 23.4 Å². The van der Waals surface area contributed by atoms with Crippen LogP contribution in [0.2, 0.25) is 5.02 Å². The number of likely N-dealkylation sites (N-methyl/N-ethyl adjacent to an activating group) is 1. The number of halogens is 1. The van der Waals surface area contributed by atoms with Gasteiger partial charge in [0.25, 0.3) is 0 Å². The van der Waals surface area contributed by atoms with Crippen molar-refractivity contribution in [3.8, 4) is 0 Å². The van der Waals surface area contributed by atoms with Crippen molar-refractivity contribution in [1.82, 2.24) is 10.2 Å². The quantitative estimate of drug-likeness (QED) is 0.804. The first-order valence-corrected chi connectivity index (χ1v) is 9.15. The first-order chi connectivity index (χ1) is 12.4. The molecule has 4 nitrogen and oxygen atoms in total. The molecule has 2 rings (SSSR count). The van der Waals surface area contributed by atoms with E-state index >= 15 is 0 Å². The summed E-state index contributed by atoms with van der Waals surface area (Å²) in [6.45, 7) is 6.57. The molecule has 0 heterocycles. The van der Waals surface area contributed by atoms with Gasteiger partial charge < -0.3 is 10.2 Å². The van der Waals surface area contributed by atoms with Crippen LogP contribution in [0.5, 0.6) is 0 Å². The van der Waals surface area contributed by atoms with E-state index in [1.807, 2.05) is 50.2 Å². The predicted molar refractivity (Wildman–Crippen MR) is 105 cm³/mol. The lowest BCUT2D eigenvalue weighted by Gasteiger charge is -2.29. The van der Waals surface area contributed by atoms with Crippen LogP contribution in [0.1, 0.15) is 30.5 Å². The Balaban J connectivity index is 2.21. The number of hydrogen-bond donors (Lipinski definition) is 1. The summed E-state index contributed by atoms with van der Waals surface area (Å²) >= 11 is 5.91. The SMILES string of the molecule is CCNC(=O)[C@@H](C)N(Cc1cccc(C)c1)C(=O)Cc1ccc(Cl)cc1. The largest absolute Gasteiger partial charge is 0.355 e. The van der Waals surface area contributed by atoms with Crippen LogP contribution in [0.4, 0.5) is 0 Å². The molecular weight excluding hydrogens is 348 g/mol. The average Bonchev–Trinajstić information content (AvgIpc) is 2.61. The Bertz CT molecular complexity index is 759. The van der Waals surface area contributed by atoms with Gasteiger partial charge >= 0.3 is 0 Å². The highest BCUT2D eigenvalue weighted by Crippen LogP contribution is 2.15. The highest BCUT2D eigenvalue weighted by Gasteiger charge is 2.25. The van der Waals surface area contributed by atoms with Gasteiger partial charge in [-0.25, -0.2) is 0 Å². The molecule has 2 amide bonds. The Labute approximate surface area is 160 Å². The molecule has 1 N–H and O–H groups in total. The molecule has 0 bridgehead atoms. The molecular formula is C21H25ClN2O2. The van der Waals surface area contributed by atoms with E-state index in [4.69, 9.17) is 11.6 Å². The molecule has 138 valence electrons. The van der Waals surface area contributed by atoms with Crippen molar-refractivity contribution in [1.29, 1.82) is 0 Å². The van der Waals surface area contributed by atoms with Crippen molar-refractivity contribution in [3.63, 3.8) is 0 Å². The first-order valence-electron chi connectivity index (χ1n) is 8.78. The molecule has 2 aromatic rings. The highest BCUT2D eigenvalue weighted by molar-refractivity contribution is 6.30. The lowest BCUT2D eigenvalue weighted by Crippen LogP contribution is -2.48. The van der Waals surface area contributed by atoms with E-state index in [9.17, 15) is 9.59 Å². The zero-order valence-corrected chi connectivity index (χ0v) is 16.2. The number of aryl methyl sites for hydroxylation is 1. The summed E-state index contributed by atoms with van der Waals surface area (Å²) in [5.74, 6) is -0.239. The third kappa shape index (κ3) is 5.60. The summed E-state index contributed by atoms with van der Waals surface area (Å²) in [6.07, 6.45) is 0.229. The van der Waals surface area contributed by atoms with Crippen LogP contribution >= 0.6 is 11.6 Å². The standard InChI is InChI=1S/C21H25ClN2O2/c1-4-23-21(26)16(3)24(14-18-7-5-6-15(2)12-18)20(25)13-17-8-10-19(22)11-9-17/h5-12,16H,4,13-14H2,1-3H3,(H,23,26)/t16-/m1/s1. The van der Waals surface area contributed by atoms with Crippen LogP contribution in [0.3, 0.4) is 0 Å². The smallest absolute Gasteiger partial charge is 0.242 e. The van der Waals surface area contributed by atoms with Gasteiger partial charge in [-0.15, -0.1) is 0 Å². The second-order valence-corrected chi connectivity index (χ2v) is 6.82. The summed E-state index contributed by atoms with van der Waals surface area (Å²) in [5, 5.41) is 3.43. The second-order valence-electron chi connectivity index (χ2n) is 6.38. The zero-order chi connectivity index (χ0) is 19.1. The minimum Gasteiger partial charge on any atom is -0.355 e. The van der Waals surface area contributed by atoms with Crippen LogP contribution in [-0.2, 0) is 22.6 Å². The summed E-state index contributed by atoms with van der Waals surface area (Å²) < 4.78 is 0. The second kappa shape index (κ2) is 9.39. The minimum absolute atomic E-state index is 0.0902. The number of nitrogens with zero attached hydrogens (tertiary/aromatic N) is 1. The maximum Gasteiger partial charge on any atom is 0.242 e. The number of benzene rings is 2. The normalized spacial score (nSPS) is 11.7. The topological polar surface area (TPSA) is 49.4 Å². The molecule has 2 aromatic carbocycles. The Morgan fingerprint density at radius 1 is 1.12 bits per heavy atom. The van der Waals surface area contributed by atoms with E-state index < -0.39 is 6.04 Å². The van der Waals surface area contributed by atoms with Crippen LogP contribution in [0.15, 0.2) is 48.5 Å². The van der Waals surface area contributed by atoms with Crippen molar-refractivity contribution in [3.05, 3.63) is 70.2 Å². The average molecular weight is 373 g/mol. The number of carbonyl (C=O) groups is 2. The maximum absolute atomic E-state index is 12.9. The zero-order valence-electron chi connectivity index (χ0n) is 15.5. The van der Waals surface area contributed by atoms with Gasteiger partial charge in [-0.1, -0.05) is 53.6 Å². The van der Waals surface area contributed by atoms with Crippen molar-refractivity contribution in [2.24, 2.45) is 0 Å². The van der Waals surface area contributed by atoms with Gasteiger partial charge in [0.15, 0.2) is 0 Å². The minimum atomic E-state index is -0.546.